The van der Waals surface area contributed by atoms with Gasteiger partial charge in [-0.05, 0) is 50.6 Å². The highest BCUT2D eigenvalue weighted by atomic mass is 16.6. The molecule has 144 valence electrons. The van der Waals surface area contributed by atoms with Gasteiger partial charge in [0, 0.05) is 37.0 Å². The van der Waals surface area contributed by atoms with E-state index >= 15 is 0 Å². The zero-order chi connectivity index (χ0) is 19.6. The number of ether oxygens (including phenoxy) is 1. The maximum atomic E-state index is 12.0. The van der Waals surface area contributed by atoms with Gasteiger partial charge < -0.3 is 15.0 Å². The summed E-state index contributed by atoms with van der Waals surface area (Å²) in [5.74, 6) is 0.103. The number of nitrogens with one attached hydrogen (secondary N) is 1. The Morgan fingerprint density at radius 3 is 2.41 bits per heavy atom. The van der Waals surface area contributed by atoms with Gasteiger partial charge in [-0.1, -0.05) is 12.1 Å². The van der Waals surface area contributed by atoms with Gasteiger partial charge in [0.05, 0.1) is 11.5 Å². The van der Waals surface area contributed by atoms with Crippen molar-refractivity contribution in [3.63, 3.8) is 0 Å². The third-order valence-electron chi connectivity index (χ3n) is 4.15. The topological polar surface area (TPSA) is 84.7 Å². The normalized spacial score (nSPS) is 10.3. The van der Waals surface area contributed by atoms with E-state index in [9.17, 15) is 14.9 Å². The van der Waals surface area contributed by atoms with Gasteiger partial charge in [-0.3, -0.25) is 14.9 Å². The number of carbonyl (C=O) groups is 1. The minimum Gasteiger partial charge on any atom is -0.487 e. The van der Waals surface area contributed by atoms with Crippen molar-refractivity contribution in [1.29, 1.82) is 0 Å². The SMILES string of the molecule is CCN(CC)c1ccc(NC(=O)CCCOc2ccccc2[N+](=O)[O-])cc1. The molecule has 2 rings (SSSR count). The van der Waals surface area contributed by atoms with Crippen LogP contribution in [0.4, 0.5) is 17.1 Å². The average Bonchev–Trinajstić information content (AvgIpc) is 2.67. The summed E-state index contributed by atoms with van der Waals surface area (Å²) >= 11 is 0. The Hall–Kier alpha value is -3.09. The molecule has 0 aliphatic rings. The maximum Gasteiger partial charge on any atom is 0.310 e. The number of anilines is 2. The fourth-order valence-corrected chi connectivity index (χ4v) is 2.71. The number of amides is 1. The lowest BCUT2D eigenvalue weighted by molar-refractivity contribution is -0.385. The maximum absolute atomic E-state index is 12.0. The minimum atomic E-state index is -0.482. The van der Waals surface area contributed by atoms with E-state index in [4.69, 9.17) is 4.74 Å². The third kappa shape index (κ3) is 5.99. The van der Waals surface area contributed by atoms with E-state index in [1.54, 1.807) is 18.2 Å². The average molecular weight is 371 g/mol. The van der Waals surface area contributed by atoms with Crippen molar-refractivity contribution in [2.24, 2.45) is 0 Å². The molecule has 0 atom stereocenters. The number of nitrogens with zero attached hydrogens (tertiary/aromatic N) is 2. The van der Waals surface area contributed by atoms with E-state index in [-0.39, 0.29) is 30.4 Å². The van der Waals surface area contributed by atoms with E-state index in [1.165, 1.54) is 6.07 Å². The first kappa shape index (κ1) is 20.2. The molecule has 0 heterocycles. The number of benzene rings is 2. The van der Waals surface area contributed by atoms with Crippen molar-refractivity contribution in [2.75, 3.05) is 29.9 Å². The fraction of sp³-hybridized carbons (Fsp3) is 0.350. The number of nitro groups is 1. The van der Waals surface area contributed by atoms with Crippen LogP contribution in [0.25, 0.3) is 0 Å². The van der Waals surface area contributed by atoms with Crippen molar-refractivity contribution in [1.82, 2.24) is 0 Å². The van der Waals surface area contributed by atoms with Crippen LogP contribution in [0.2, 0.25) is 0 Å². The van der Waals surface area contributed by atoms with Crippen molar-refractivity contribution in [3.05, 3.63) is 58.6 Å². The molecule has 0 unspecified atom stereocenters. The van der Waals surface area contributed by atoms with Crippen molar-refractivity contribution in [2.45, 2.75) is 26.7 Å². The van der Waals surface area contributed by atoms with Gasteiger partial charge in [-0.15, -0.1) is 0 Å². The van der Waals surface area contributed by atoms with Gasteiger partial charge in [0.2, 0.25) is 5.91 Å². The number of para-hydroxylation sites is 2. The molecule has 0 radical (unpaired) electrons. The summed E-state index contributed by atoms with van der Waals surface area (Å²) in [4.78, 5) is 24.7. The standard InChI is InChI=1S/C20H25N3O4/c1-3-22(4-2)17-13-11-16(12-14-17)21-20(24)10-7-15-27-19-9-6-5-8-18(19)23(25)26/h5-6,8-9,11-14H,3-4,7,10,15H2,1-2H3,(H,21,24). The van der Waals surface area contributed by atoms with Gasteiger partial charge in [0.15, 0.2) is 5.75 Å². The lowest BCUT2D eigenvalue weighted by atomic mass is 10.2. The van der Waals surface area contributed by atoms with Gasteiger partial charge in [-0.2, -0.15) is 0 Å². The minimum absolute atomic E-state index is 0.0738. The molecule has 7 heteroatoms. The van der Waals surface area contributed by atoms with Crippen LogP contribution in [0.1, 0.15) is 26.7 Å². The lowest BCUT2D eigenvalue weighted by Gasteiger charge is -2.21. The molecule has 0 spiro atoms. The number of hydrogen-bond acceptors (Lipinski definition) is 5. The monoisotopic (exact) mass is 371 g/mol. The summed E-state index contributed by atoms with van der Waals surface area (Å²) in [7, 11) is 0. The second-order valence-corrected chi connectivity index (χ2v) is 5.94. The van der Waals surface area contributed by atoms with Crippen molar-refractivity contribution < 1.29 is 14.5 Å². The Labute approximate surface area is 159 Å². The zero-order valence-electron chi connectivity index (χ0n) is 15.7. The molecule has 0 aromatic heterocycles. The first-order chi connectivity index (χ1) is 13.0. The Morgan fingerprint density at radius 1 is 1.11 bits per heavy atom. The third-order valence-corrected chi connectivity index (χ3v) is 4.15. The van der Waals surface area contributed by atoms with E-state index in [0.717, 1.165) is 24.5 Å². The molecule has 2 aromatic carbocycles. The van der Waals surface area contributed by atoms with Crippen LogP contribution >= 0.6 is 0 Å². The van der Waals surface area contributed by atoms with Crippen LogP contribution in [0.5, 0.6) is 5.75 Å². The zero-order valence-corrected chi connectivity index (χ0v) is 15.7. The first-order valence-corrected chi connectivity index (χ1v) is 9.06. The highest BCUT2D eigenvalue weighted by Gasteiger charge is 2.13. The number of nitro benzene ring substituents is 1. The summed E-state index contributed by atoms with van der Waals surface area (Å²) in [6.07, 6.45) is 0.744. The number of hydrogen-bond donors (Lipinski definition) is 1. The molecular formula is C20H25N3O4. The summed E-state index contributed by atoms with van der Waals surface area (Å²) in [6, 6.07) is 14.0. The predicted octanol–water partition coefficient (Wildman–Crippen LogP) is 4.24. The second-order valence-electron chi connectivity index (χ2n) is 5.94. The first-order valence-electron chi connectivity index (χ1n) is 9.06. The summed E-state index contributed by atoms with van der Waals surface area (Å²) in [5, 5.41) is 13.8. The second kappa shape index (κ2) is 10.2. The van der Waals surface area contributed by atoms with Crippen molar-refractivity contribution in [3.8, 4) is 5.75 Å². The van der Waals surface area contributed by atoms with Crippen molar-refractivity contribution >= 4 is 23.0 Å². The molecule has 0 saturated carbocycles. The molecule has 0 fully saturated rings. The Bertz CT molecular complexity index is 758. The number of carbonyl (C=O) groups excluding carboxylic acids is 1. The van der Waals surface area contributed by atoms with Gasteiger partial charge >= 0.3 is 5.69 Å². The molecule has 2 aromatic rings. The molecule has 27 heavy (non-hydrogen) atoms. The quantitative estimate of drug-likeness (QED) is 0.384. The molecule has 0 bridgehead atoms. The van der Waals surface area contributed by atoms with E-state index in [1.807, 2.05) is 24.3 Å². The highest BCUT2D eigenvalue weighted by molar-refractivity contribution is 5.90. The Kier molecular flexibility index (Phi) is 7.61. The molecular weight excluding hydrogens is 346 g/mol. The van der Waals surface area contributed by atoms with E-state index in [0.29, 0.717) is 6.42 Å². The molecule has 0 aliphatic heterocycles. The highest BCUT2D eigenvalue weighted by Crippen LogP contribution is 2.26. The van der Waals surface area contributed by atoms with Crippen LogP contribution in [-0.2, 0) is 4.79 Å². The van der Waals surface area contributed by atoms with E-state index in [2.05, 4.69) is 24.1 Å². The summed E-state index contributed by atoms with van der Waals surface area (Å²) < 4.78 is 5.44. The largest absolute Gasteiger partial charge is 0.487 e. The van der Waals surface area contributed by atoms with Gasteiger partial charge in [0.1, 0.15) is 0 Å². The van der Waals surface area contributed by atoms with Gasteiger partial charge in [-0.25, -0.2) is 0 Å². The number of rotatable bonds is 10. The fourth-order valence-electron chi connectivity index (χ4n) is 2.71. The molecule has 7 nitrogen and oxygen atoms in total. The molecule has 0 saturated heterocycles. The van der Waals surface area contributed by atoms with Crippen LogP contribution < -0.4 is 15.0 Å². The van der Waals surface area contributed by atoms with Gasteiger partial charge in [0.25, 0.3) is 0 Å². The molecule has 1 amide bonds. The molecule has 1 N–H and O–H groups in total. The van der Waals surface area contributed by atoms with E-state index < -0.39 is 4.92 Å². The molecule has 0 aliphatic carbocycles. The van der Waals surface area contributed by atoms with Crippen LogP contribution in [-0.4, -0.2) is 30.5 Å². The predicted molar refractivity (Wildman–Crippen MR) is 106 cm³/mol. The Balaban J connectivity index is 1.77. The summed E-state index contributed by atoms with van der Waals surface area (Å²) in [6.45, 7) is 6.30. The smallest absolute Gasteiger partial charge is 0.310 e. The van der Waals surface area contributed by atoms with Crippen LogP contribution in [0.3, 0.4) is 0 Å². The lowest BCUT2D eigenvalue weighted by Crippen LogP contribution is -2.21. The van der Waals surface area contributed by atoms with Crippen LogP contribution in [0, 0.1) is 10.1 Å². The summed E-state index contributed by atoms with van der Waals surface area (Å²) in [5.41, 5.74) is 1.79. The van der Waals surface area contributed by atoms with Crippen LogP contribution in [0.15, 0.2) is 48.5 Å². The Morgan fingerprint density at radius 2 is 1.78 bits per heavy atom.